The second-order valence-corrected chi connectivity index (χ2v) is 17.9. The van der Waals surface area contributed by atoms with Gasteiger partial charge in [-0.2, -0.15) is 0 Å². The largest absolute Gasteiger partial charge is 0.310 e. The van der Waals surface area contributed by atoms with Crippen LogP contribution in [0.2, 0.25) is 0 Å². The second-order valence-electron chi connectivity index (χ2n) is 16.8. The van der Waals surface area contributed by atoms with Gasteiger partial charge >= 0.3 is 0 Å². The molecule has 63 heavy (non-hydrogen) atoms. The number of thiophene rings is 1. The maximum atomic E-state index is 2.50. The van der Waals surface area contributed by atoms with E-state index < -0.39 is 5.41 Å². The summed E-state index contributed by atoms with van der Waals surface area (Å²) >= 11 is 1.86. The van der Waals surface area contributed by atoms with Crippen molar-refractivity contribution in [3.05, 3.63) is 259 Å². The standard InChI is InChI=1S/C61H39NS/c1-2-14-40(15-3-1)41-26-28-42(29-27-41)43-30-33-45(34-31-43)62(58-24-12-7-16-47(58)44-32-37-60-53(38-44)52-20-8-13-25-59(52)63-60)46-35-36-51-50-19-6-11-23-56(50)61(57(51)39-46)54-21-9-4-17-48(54)49-18-5-10-22-55(49)61/h1-39H. The number of nitrogens with zero attached hydrogens (tertiary/aromatic N) is 1. The molecule has 11 aromatic rings. The maximum Gasteiger partial charge on any atom is 0.0726 e. The topological polar surface area (TPSA) is 3.24 Å². The van der Waals surface area contributed by atoms with Gasteiger partial charge in [0, 0.05) is 37.1 Å². The van der Waals surface area contributed by atoms with Gasteiger partial charge in [0.1, 0.15) is 0 Å². The minimum absolute atomic E-state index is 0.443. The zero-order valence-electron chi connectivity index (χ0n) is 34.4. The molecule has 0 unspecified atom stereocenters. The van der Waals surface area contributed by atoms with Crippen LogP contribution >= 0.6 is 11.3 Å². The summed E-state index contributed by atoms with van der Waals surface area (Å²) in [6.07, 6.45) is 0. The molecule has 2 aliphatic carbocycles. The van der Waals surface area contributed by atoms with Crippen LogP contribution < -0.4 is 4.90 Å². The minimum atomic E-state index is -0.443. The van der Waals surface area contributed by atoms with Crippen molar-refractivity contribution in [1.82, 2.24) is 0 Å². The Hall–Kier alpha value is -7.78. The number of anilines is 3. The van der Waals surface area contributed by atoms with Crippen molar-refractivity contribution in [1.29, 1.82) is 0 Å². The number of benzene rings is 10. The third-order valence-electron chi connectivity index (χ3n) is 13.5. The molecule has 1 aromatic heterocycles. The molecule has 0 aliphatic heterocycles. The fraction of sp³-hybridized carbons (Fsp3) is 0.0164. The lowest BCUT2D eigenvalue weighted by atomic mass is 9.70. The van der Waals surface area contributed by atoms with E-state index in [4.69, 9.17) is 0 Å². The predicted molar refractivity (Wildman–Crippen MR) is 267 cm³/mol. The van der Waals surface area contributed by atoms with Crippen LogP contribution in [-0.2, 0) is 5.41 Å². The number of rotatable bonds is 6. The van der Waals surface area contributed by atoms with Crippen molar-refractivity contribution in [2.24, 2.45) is 0 Å². The number of fused-ring (bicyclic) bond motifs is 13. The van der Waals surface area contributed by atoms with Gasteiger partial charge < -0.3 is 4.90 Å². The van der Waals surface area contributed by atoms with Gasteiger partial charge in [-0.15, -0.1) is 11.3 Å². The first-order valence-electron chi connectivity index (χ1n) is 21.7. The summed E-state index contributed by atoms with van der Waals surface area (Å²) in [6.45, 7) is 0. The van der Waals surface area contributed by atoms with Gasteiger partial charge in [0.05, 0.1) is 11.1 Å². The SMILES string of the molecule is c1ccc(-c2ccc(-c3ccc(N(c4ccc5c(c4)C4(c6ccccc6-c6ccccc64)c4ccccc4-5)c4ccccc4-c4ccc5sc6ccccc6c5c4)cc3)cc2)cc1. The zero-order valence-corrected chi connectivity index (χ0v) is 35.2. The molecule has 0 saturated heterocycles. The molecule has 0 amide bonds. The van der Waals surface area contributed by atoms with Crippen LogP contribution in [0.3, 0.4) is 0 Å². The molecular weight excluding hydrogens is 779 g/mol. The Morgan fingerprint density at radius 3 is 1.40 bits per heavy atom. The quantitative estimate of drug-likeness (QED) is 0.162. The number of hydrogen-bond donors (Lipinski definition) is 0. The molecule has 0 fully saturated rings. The highest BCUT2D eigenvalue weighted by molar-refractivity contribution is 7.25. The Bertz CT molecular complexity index is 3500. The van der Waals surface area contributed by atoms with Crippen LogP contribution in [0.1, 0.15) is 22.3 Å². The second kappa shape index (κ2) is 14.1. The molecule has 0 N–H and O–H groups in total. The summed E-state index contributed by atoms with van der Waals surface area (Å²) in [6, 6.07) is 87.8. The highest BCUT2D eigenvalue weighted by Gasteiger charge is 2.51. The van der Waals surface area contributed by atoms with Crippen LogP contribution in [0.5, 0.6) is 0 Å². The van der Waals surface area contributed by atoms with Gasteiger partial charge in [-0.25, -0.2) is 0 Å². The Morgan fingerprint density at radius 2 is 0.746 bits per heavy atom. The van der Waals surface area contributed by atoms with E-state index >= 15 is 0 Å². The van der Waals surface area contributed by atoms with Gasteiger partial charge in [-0.3, -0.25) is 0 Å². The average Bonchev–Trinajstić information content (AvgIpc) is 3.99. The van der Waals surface area contributed by atoms with Gasteiger partial charge in [-0.05, 0) is 121 Å². The lowest BCUT2D eigenvalue weighted by molar-refractivity contribution is 0.793. The van der Waals surface area contributed by atoms with E-state index in [1.807, 2.05) is 11.3 Å². The molecule has 1 nitrogen and oxygen atoms in total. The molecule has 10 aromatic carbocycles. The summed E-state index contributed by atoms with van der Waals surface area (Å²) in [7, 11) is 0. The Labute approximate surface area is 371 Å². The molecule has 0 bridgehead atoms. The van der Waals surface area contributed by atoms with E-state index in [-0.39, 0.29) is 0 Å². The van der Waals surface area contributed by atoms with Gasteiger partial charge in [-0.1, -0.05) is 188 Å². The van der Waals surface area contributed by atoms with E-state index in [0.29, 0.717) is 0 Å². The Kier molecular flexibility index (Phi) is 8.06. The van der Waals surface area contributed by atoms with Gasteiger partial charge in [0.15, 0.2) is 0 Å². The highest BCUT2D eigenvalue weighted by atomic mass is 32.1. The van der Waals surface area contributed by atoms with Crippen LogP contribution in [0.4, 0.5) is 17.1 Å². The van der Waals surface area contributed by atoms with Crippen molar-refractivity contribution in [3.63, 3.8) is 0 Å². The van der Waals surface area contributed by atoms with Gasteiger partial charge in [0.2, 0.25) is 0 Å². The average molecular weight is 818 g/mol. The molecule has 1 heterocycles. The van der Waals surface area contributed by atoms with Crippen LogP contribution in [0.15, 0.2) is 237 Å². The maximum absolute atomic E-state index is 2.50. The molecule has 2 aliphatic rings. The monoisotopic (exact) mass is 817 g/mol. The van der Waals surface area contributed by atoms with E-state index in [9.17, 15) is 0 Å². The van der Waals surface area contributed by atoms with Crippen molar-refractivity contribution in [3.8, 4) is 55.6 Å². The van der Waals surface area contributed by atoms with E-state index in [1.165, 1.54) is 98.1 Å². The lowest BCUT2D eigenvalue weighted by Crippen LogP contribution is -2.26. The fourth-order valence-corrected chi connectivity index (χ4v) is 11.8. The molecule has 13 rings (SSSR count). The third-order valence-corrected chi connectivity index (χ3v) is 14.7. The lowest BCUT2D eigenvalue weighted by Gasteiger charge is -2.32. The Morgan fingerprint density at radius 1 is 0.286 bits per heavy atom. The van der Waals surface area contributed by atoms with Gasteiger partial charge in [0.25, 0.3) is 0 Å². The molecule has 2 heteroatoms. The summed E-state index contributed by atoms with van der Waals surface area (Å²) in [5.41, 5.74) is 20.7. The van der Waals surface area contributed by atoms with Crippen LogP contribution in [0.25, 0.3) is 75.8 Å². The fourth-order valence-electron chi connectivity index (χ4n) is 10.7. The summed E-state index contributed by atoms with van der Waals surface area (Å²) < 4.78 is 2.62. The highest BCUT2D eigenvalue weighted by Crippen LogP contribution is 2.63. The van der Waals surface area contributed by atoms with E-state index in [1.54, 1.807) is 0 Å². The van der Waals surface area contributed by atoms with Crippen LogP contribution in [0, 0.1) is 0 Å². The third kappa shape index (κ3) is 5.42. The number of para-hydroxylation sites is 1. The smallest absolute Gasteiger partial charge is 0.0726 e. The molecule has 0 atom stereocenters. The predicted octanol–water partition coefficient (Wildman–Crippen LogP) is 16.9. The molecule has 1 spiro atoms. The van der Waals surface area contributed by atoms with Crippen LogP contribution in [-0.4, -0.2) is 0 Å². The summed E-state index contributed by atoms with van der Waals surface area (Å²) in [5, 5.41) is 2.61. The van der Waals surface area contributed by atoms with E-state index in [0.717, 1.165) is 17.1 Å². The van der Waals surface area contributed by atoms with Crippen molar-refractivity contribution < 1.29 is 0 Å². The molecular formula is C61H39NS. The number of hydrogen-bond acceptors (Lipinski definition) is 2. The molecule has 0 saturated carbocycles. The normalized spacial score (nSPS) is 12.9. The van der Waals surface area contributed by atoms with E-state index in [2.05, 4.69) is 241 Å². The minimum Gasteiger partial charge on any atom is -0.310 e. The van der Waals surface area contributed by atoms with Crippen molar-refractivity contribution >= 4 is 48.6 Å². The first kappa shape index (κ1) is 35.9. The Balaban J connectivity index is 1.01. The first-order chi connectivity index (χ1) is 31.2. The molecule has 294 valence electrons. The van der Waals surface area contributed by atoms with Crippen molar-refractivity contribution in [2.45, 2.75) is 5.41 Å². The van der Waals surface area contributed by atoms with Crippen molar-refractivity contribution in [2.75, 3.05) is 4.90 Å². The summed E-state index contributed by atoms with van der Waals surface area (Å²) in [5.74, 6) is 0. The first-order valence-corrected chi connectivity index (χ1v) is 22.6. The summed E-state index contributed by atoms with van der Waals surface area (Å²) in [4.78, 5) is 2.48. The molecule has 0 radical (unpaired) electrons. The zero-order chi connectivity index (χ0) is 41.5.